The van der Waals surface area contributed by atoms with Gasteiger partial charge in [0, 0.05) is 24.8 Å². The molecule has 74 valence electrons. The smallest absolute Gasteiger partial charge is 0.164 e. The van der Waals surface area contributed by atoms with Gasteiger partial charge in [-0.3, -0.25) is 4.57 Å². The van der Waals surface area contributed by atoms with Crippen molar-refractivity contribution in [2.75, 3.05) is 0 Å². The van der Waals surface area contributed by atoms with E-state index >= 15 is 0 Å². The van der Waals surface area contributed by atoms with Crippen molar-refractivity contribution in [2.24, 2.45) is 0 Å². The number of imidazole rings is 1. The van der Waals surface area contributed by atoms with Crippen molar-refractivity contribution >= 4 is 5.52 Å². The summed E-state index contributed by atoms with van der Waals surface area (Å²) in [5.41, 5.74) is 0.971. The summed E-state index contributed by atoms with van der Waals surface area (Å²) in [7, 11) is 0. The number of aryl methyl sites for hydroxylation is 1. The summed E-state index contributed by atoms with van der Waals surface area (Å²) in [6.45, 7) is 1.95. The van der Waals surface area contributed by atoms with Crippen molar-refractivity contribution in [3.05, 3.63) is 42.9 Å². The van der Waals surface area contributed by atoms with Crippen molar-refractivity contribution in [1.82, 2.24) is 24.1 Å². The molecule has 3 aromatic heterocycles. The summed E-state index contributed by atoms with van der Waals surface area (Å²) in [5.74, 6) is 1.77. The van der Waals surface area contributed by atoms with Crippen LogP contribution in [0.1, 0.15) is 5.82 Å². The van der Waals surface area contributed by atoms with E-state index in [-0.39, 0.29) is 0 Å². The minimum Gasteiger partial charge on any atom is -0.286 e. The van der Waals surface area contributed by atoms with E-state index in [1.807, 2.05) is 30.0 Å². The first-order valence-electron chi connectivity index (χ1n) is 4.65. The van der Waals surface area contributed by atoms with E-state index in [1.165, 1.54) is 0 Å². The van der Waals surface area contributed by atoms with Gasteiger partial charge in [-0.1, -0.05) is 0 Å². The molecule has 0 saturated carbocycles. The lowest BCUT2D eigenvalue weighted by Gasteiger charge is -2.04. The SMILES string of the molecule is Cc1nccn1-c1nccn2nccc12. The van der Waals surface area contributed by atoms with Crippen LogP contribution in [0.2, 0.25) is 0 Å². The Labute approximate surface area is 86.0 Å². The molecule has 0 bridgehead atoms. The molecule has 0 aliphatic rings. The summed E-state index contributed by atoms with van der Waals surface area (Å²) in [6.07, 6.45) is 8.97. The summed E-state index contributed by atoms with van der Waals surface area (Å²) in [4.78, 5) is 8.52. The van der Waals surface area contributed by atoms with E-state index in [4.69, 9.17) is 0 Å². The van der Waals surface area contributed by atoms with Gasteiger partial charge in [-0.15, -0.1) is 0 Å². The number of fused-ring (bicyclic) bond motifs is 1. The fraction of sp³-hybridized carbons (Fsp3) is 0.100. The van der Waals surface area contributed by atoms with E-state index < -0.39 is 0 Å². The zero-order chi connectivity index (χ0) is 10.3. The molecule has 0 aromatic carbocycles. The molecular formula is C10H9N5. The van der Waals surface area contributed by atoms with Crippen LogP contribution in [0.3, 0.4) is 0 Å². The second kappa shape index (κ2) is 2.91. The van der Waals surface area contributed by atoms with Crippen LogP contribution in [0.25, 0.3) is 11.3 Å². The van der Waals surface area contributed by atoms with E-state index in [9.17, 15) is 0 Å². The summed E-state index contributed by atoms with van der Waals surface area (Å²) in [6, 6.07) is 1.93. The van der Waals surface area contributed by atoms with Crippen LogP contribution in [0, 0.1) is 6.92 Å². The lowest BCUT2D eigenvalue weighted by Crippen LogP contribution is -2.01. The standard InChI is InChI=1S/C10H9N5/c1-8-11-4-6-14(8)10-9-2-3-13-15(9)7-5-12-10/h2-7H,1H3. The topological polar surface area (TPSA) is 48.0 Å². The molecule has 0 atom stereocenters. The highest BCUT2D eigenvalue weighted by Crippen LogP contribution is 2.13. The van der Waals surface area contributed by atoms with Gasteiger partial charge in [0.05, 0.1) is 6.20 Å². The zero-order valence-electron chi connectivity index (χ0n) is 8.20. The molecule has 0 spiro atoms. The molecule has 0 aliphatic carbocycles. The lowest BCUT2D eigenvalue weighted by atomic mass is 10.4. The molecule has 0 fully saturated rings. The Morgan fingerprint density at radius 2 is 1.93 bits per heavy atom. The average molecular weight is 199 g/mol. The quantitative estimate of drug-likeness (QED) is 0.592. The second-order valence-corrected chi connectivity index (χ2v) is 3.26. The molecule has 3 aromatic rings. The molecule has 5 nitrogen and oxygen atoms in total. The average Bonchev–Trinajstić information content (AvgIpc) is 2.85. The predicted molar refractivity (Wildman–Crippen MR) is 54.8 cm³/mol. The first kappa shape index (κ1) is 8.16. The minimum atomic E-state index is 0.852. The van der Waals surface area contributed by atoms with Crippen LogP contribution in [0.4, 0.5) is 0 Å². The fourth-order valence-electron chi connectivity index (χ4n) is 1.63. The Morgan fingerprint density at radius 1 is 1.07 bits per heavy atom. The van der Waals surface area contributed by atoms with Gasteiger partial charge in [0.25, 0.3) is 0 Å². The third-order valence-corrected chi connectivity index (χ3v) is 2.36. The zero-order valence-corrected chi connectivity index (χ0v) is 8.20. The third-order valence-electron chi connectivity index (χ3n) is 2.36. The van der Waals surface area contributed by atoms with Crippen LogP contribution in [-0.4, -0.2) is 24.1 Å². The first-order valence-corrected chi connectivity index (χ1v) is 4.65. The van der Waals surface area contributed by atoms with Gasteiger partial charge in [-0.05, 0) is 13.0 Å². The van der Waals surface area contributed by atoms with Crippen molar-refractivity contribution in [3.63, 3.8) is 0 Å². The molecule has 0 amide bonds. The number of hydrogen-bond acceptors (Lipinski definition) is 3. The molecular weight excluding hydrogens is 190 g/mol. The van der Waals surface area contributed by atoms with Crippen LogP contribution in [0.15, 0.2) is 37.1 Å². The lowest BCUT2D eigenvalue weighted by molar-refractivity contribution is 0.890. The molecule has 0 unspecified atom stereocenters. The second-order valence-electron chi connectivity index (χ2n) is 3.26. The molecule has 15 heavy (non-hydrogen) atoms. The summed E-state index contributed by atoms with van der Waals surface area (Å²) in [5, 5.41) is 4.16. The molecule has 0 saturated heterocycles. The van der Waals surface area contributed by atoms with E-state index in [2.05, 4.69) is 15.1 Å². The van der Waals surface area contributed by atoms with Crippen LogP contribution < -0.4 is 0 Å². The number of rotatable bonds is 1. The first-order chi connectivity index (χ1) is 7.36. The van der Waals surface area contributed by atoms with Gasteiger partial charge in [0.1, 0.15) is 11.3 Å². The Kier molecular flexibility index (Phi) is 1.58. The van der Waals surface area contributed by atoms with Gasteiger partial charge < -0.3 is 0 Å². The molecule has 0 aliphatic heterocycles. The predicted octanol–water partition coefficient (Wildman–Crippen LogP) is 1.22. The van der Waals surface area contributed by atoms with Crippen molar-refractivity contribution in [1.29, 1.82) is 0 Å². The Bertz CT molecular complexity index is 607. The molecule has 5 heteroatoms. The highest BCUT2D eigenvalue weighted by molar-refractivity contribution is 5.59. The minimum absolute atomic E-state index is 0.852. The Hall–Kier alpha value is -2.17. The Balaban J connectivity index is 2.36. The highest BCUT2D eigenvalue weighted by atomic mass is 15.2. The molecule has 0 N–H and O–H groups in total. The highest BCUT2D eigenvalue weighted by Gasteiger charge is 2.06. The van der Waals surface area contributed by atoms with E-state index in [0.29, 0.717) is 0 Å². The third kappa shape index (κ3) is 1.13. The van der Waals surface area contributed by atoms with Crippen LogP contribution in [0.5, 0.6) is 0 Å². The largest absolute Gasteiger partial charge is 0.286 e. The van der Waals surface area contributed by atoms with Gasteiger partial charge >= 0.3 is 0 Å². The summed E-state index contributed by atoms with van der Waals surface area (Å²) >= 11 is 0. The van der Waals surface area contributed by atoms with Gasteiger partial charge in [-0.2, -0.15) is 5.10 Å². The number of aromatic nitrogens is 5. The van der Waals surface area contributed by atoms with Crippen LogP contribution in [-0.2, 0) is 0 Å². The maximum absolute atomic E-state index is 4.34. The molecule has 3 rings (SSSR count). The van der Waals surface area contributed by atoms with Crippen molar-refractivity contribution < 1.29 is 0 Å². The monoisotopic (exact) mass is 199 g/mol. The van der Waals surface area contributed by atoms with Crippen molar-refractivity contribution in [3.8, 4) is 5.82 Å². The maximum atomic E-state index is 4.34. The summed E-state index contributed by atoms with van der Waals surface area (Å²) < 4.78 is 3.73. The molecule has 0 radical (unpaired) electrons. The van der Waals surface area contributed by atoms with E-state index in [0.717, 1.165) is 17.2 Å². The Morgan fingerprint density at radius 3 is 2.73 bits per heavy atom. The molecule has 3 heterocycles. The number of nitrogens with zero attached hydrogens (tertiary/aromatic N) is 5. The van der Waals surface area contributed by atoms with Crippen LogP contribution >= 0.6 is 0 Å². The van der Waals surface area contributed by atoms with Gasteiger partial charge in [0.15, 0.2) is 5.82 Å². The normalized spacial score (nSPS) is 11.0. The van der Waals surface area contributed by atoms with E-state index in [1.54, 1.807) is 23.1 Å². The fourth-order valence-corrected chi connectivity index (χ4v) is 1.63. The number of hydrogen-bond donors (Lipinski definition) is 0. The maximum Gasteiger partial charge on any atom is 0.164 e. The van der Waals surface area contributed by atoms with Crippen molar-refractivity contribution in [2.45, 2.75) is 6.92 Å². The van der Waals surface area contributed by atoms with Gasteiger partial charge in [-0.25, -0.2) is 14.5 Å². The van der Waals surface area contributed by atoms with Gasteiger partial charge in [0.2, 0.25) is 0 Å².